The van der Waals surface area contributed by atoms with E-state index in [-0.39, 0.29) is 5.78 Å². The number of hydrogen-bond acceptors (Lipinski definition) is 3. The van der Waals surface area contributed by atoms with Crippen molar-refractivity contribution in [3.63, 3.8) is 0 Å². The van der Waals surface area contributed by atoms with E-state index < -0.39 is 5.92 Å². The minimum absolute atomic E-state index is 0.0419. The monoisotopic (exact) mass is 231 g/mol. The van der Waals surface area contributed by atoms with Crippen molar-refractivity contribution < 1.29 is 9.53 Å². The number of rotatable bonds is 5. The Balaban J connectivity index is 3.14. The summed E-state index contributed by atoms with van der Waals surface area (Å²) in [6.07, 6.45) is 1.20. The molecule has 3 nitrogen and oxygen atoms in total. The van der Waals surface area contributed by atoms with Crippen LogP contribution in [-0.4, -0.2) is 12.9 Å². The third-order valence-corrected chi connectivity index (χ3v) is 2.82. The molecule has 1 atom stereocenters. The number of aryl methyl sites for hydroxylation is 1. The van der Waals surface area contributed by atoms with Gasteiger partial charge in [0.25, 0.3) is 0 Å². The van der Waals surface area contributed by atoms with Gasteiger partial charge < -0.3 is 4.74 Å². The molecule has 90 valence electrons. The third kappa shape index (κ3) is 2.85. The van der Waals surface area contributed by atoms with E-state index in [0.29, 0.717) is 6.42 Å². The molecule has 0 saturated carbocycles. The van der Waals surface area contributed by atoms with Crippen LogP contribution in [0.4, 0.5) is 0 Å². The molecule has 0 saturated heterocycles. The maximum Gasteiger partial charge on any atom is 0.154 e. The fraction of sp³-hybridized carbons (Fsp3) is 0.429. The molecule has 1 aromatic rings. The minimum atomic E-state index is -0.656. The van der Waals surface area contributed by atoms with Gasteiger partial charge in [-0.3, -0.25) is 4.79 Å². The lowest BCUT2D eigenvalue weighted by Crippen LogP contribution is -2.09. The first-order valence-electron chi connectivity index (χ1n) is 5.77. The molecule has 3 heteroatoms. The summed E-state index contributed by atoms with van der Waals surface area (Å²) in [4.78, 5) is 11.6. The van der Waals surface area contributed by atoms with Crippen LogP contribution in [0.2, 0.25) is 0 Å². The van der Waals surface area contributed by atoms with Crippen molar-refractivity contribution in [1.82, 2.24) is 0 Å². The van der Waals surface area contributed by atoms with Crippen LogP contribution in [0.15, 0.2) is 18.2 Å². The maximum absolute atomic E-state index is 11.6. The van der Waals surface area contributed by atoms with E-state index in [0.717, 1.165) is 23.3 Å². The van der Waals surface area contributed by atoms with Crippen LogP contribution >= 0.6 is 0 Å². The average molecular weight is 231 g/mol. The number of carbonyl (C=O) groups excluding carboxylic acids is 1. The van der Waals surface area contributed by atoms with E-state index in [1.165, 1.54) is 0 Å². The zero-order chi connectivity index (χ0) is 12.8. The zero-order valence-corrected chi connectivity index (χ0v) is 10.5. The normalized spacial score (nSPS) is 11.6. The molecule has 1 rings (SSSR count). The number of ether oxygens (including phenoxy) is 1. The van der Waals surface area contributed by atoms with Gasteiger partial charge in [-0.1, -0.05) is 26.0 Å². The van der Waals surface area contributed by atoms with E-state index in [2.05, 4.69) is 6.07 Å². The SMILES string of the molecule is CCC(=O)C(C#N)c1ccc(OC)c(CC)c1. The van der Waals surface area contributed by atoms with Gasteiger partial charge in [-0.05, 0) is 23.6 Å². The summed E-state index contributed by atoms with van der Waals surface area (Å²) in [6.45, 7) is 3.79. The summed E-state index contributed by atoms with van der Waals surface area (Å²) in [5.41, 5.74) is 1.78. The molecule has 1 unspecified atom stereocenters. The van der Waals surface area contributed by atoms with E-state index >= 15 is 0 Å². The Morgan fingerprint density at radius 2 is 2.18 bits per heavy atom. The molecule has 0 heterocycles. The number of nitrogens with zero attached hydrogens (tertiary/aromatic N) is 1. The zero-order valence-electron chi connectivity index (χ0n) is 10.5. The Morgan fingerprint density at radius 1 is 1.47 bits per heavy atom. The number of ketones is 1. The first-order chi connectivity index (χ1) is 8.17. The van der Waals surface area contributed by atoms with Crippen LogP contribution in [0.3, 0.4) is 0 Å². The molecule has 0 N–H and O–H groups in total. The number of methoxy groups -OCH3 is 1. The molecular weight excluding hydrogens is 214 g/mol. The number of Topliss-reactive ketones (excluding diaryl/α,β-unsaturated/α-hetero) is 1. The summed E-state index contributed by atoms with van der Waals surface area (Å²) in [6, 6.07) is 7.57. The standard InChI is InChI=1S/C14H17NO2/c1-4-10-8-11(6-7-14(10)17-3)12(9-15)13(16)5-2/h6-8,12H,4-5H2,1-3H3. The Kier molecular flexibility index (Phi) is 4.71. The van der Waals surface area contributed by atoms with Gasteiger partial charge in [-0.15, -0.1) is 0 Å². The van der Waals surface area contributed by atoms with Crippen molar-refractivity contribution >= 4 is 5.78 Å². The molecule has 0 fully saturated rings. The summed E-state index contributed by atoms with van der Waals surface area (Å²) in [5.74, 6) is 0.104. The number of carbonyl (C=O) groups is 1. The predicted molar refractivity (Wildman–Crippen MR) is 66.0 cm³/mol. The lowest BCUT2D eigenvalue weighted by Gasteiger charge is -2.12. The first kappa shape index (κ1) is 13.2. The molecular formula is C14H17NO2. The highest BCUT2D eigenvalue weighted by Gasteiger charge is 2.19. The summed E-state index contributed by atoms with van der Waals surface area (Å²) < 4.78 is 5.22. The van der Waals surface area contributed by atoms with Crippen LogP contribution in [-0.2, 0) is 11.2 Å². The van der Waals surface area contributed by atoms with Crippen LogP contribution in [0.5, 0.6) is 5.75 Å². The number of benzene rings is 1. The summed E-state index contributed by atoms with van der Waals surface area (Å²) >= 11 is 0. The van der Waals surface area contributed by atoms with Gasteiger partial charge in [-0.25, -0.2) is 0 Å². The second-order valence-corrected chi connectivity index (χ2v) is 3.81. The quantitative estimate of drug-likeness (QED) is 0.783. The second-order valence-electron chi connectivity index (χ2n) is 3.81. The fourth-order valence-corrected chi connectivity index (χ4v) is 1.79. The second kappa shape index (κ2) is 6.05. The number of nitriles is 1. The molecule has 0 amide bonds. The van der Waals surface area contributed by atoms with E-state index in [1.807, 2.05) is 19.1 Å². The smallest absolute Gasteiger partial charge is 0.154 e. The summed E-state index contributed by atoms with van der Waals surface area (Å²) in [5, 5.41) is 9.07. The van der Waals surface area contributed by atoms with Gasteiger partial charge in [0.1, 0.15) is 11.7 Å². The van der Waals surface area contributed by atoms with E-state index in [4.69, 9.17) is 10.00 Å². The van der Waals surface area contributed by atoms with E-state index in [9.17, 15) is 4.79 Å². The highest BCUT2D eigenvalue weighted by Crippen LogP contribution is 2.25. The van der Waals surface area contributed by atoms with Gasteiger partial charge in [0, 0.05) is 6.42 Å². The largest absolute Gasteiger partial charge is 0.496 e. The fourth-order valence-electron chi connectivity index (χ4n) is 1.79. The molecule has 0 aliphatic rings. The maximum atomic E-state index is 11.6. The Hall–Kier alpha value is -1.82. The average Bonchev–Trinajstić information content (AvgIpc) is 2.38. The third-order valence-electron chi connectivity index (χ3n) is 2.82. The molecule has 17 heavy (non-hydrogen) atoms. The predicted octanol–water partition coefficient (Wildman–Crippen LogP) is 2.84. The Morgan fingerprint density at radius 3 is 2.65 bits per heavy atom. The molecule has 0 aliphatic carbocycles. The first-order valence-corrected chi connectivity index (χ1v) is 5.77. The van der Waals surface area contributed by atoms with Crippen molar-refractivity contribution in [3.8, 4) is 11.8 Å². The van der Waals surface area contributed by atoms with Crippen LogP contribution in [0, 0.1) is 11.3 Å². The Labute approximate surface area is 102 Å². The highest BCUT2D eigenvalue weighted by atomic mass is 16.5. The molecule has 1 aromatic carbocycles. The lowest BCUT2D eigenvalue weighted by atomic mass is 9.92. The van der Waals surface area contributed by atoms with Crippen LogP contribution < -0.4 is 4.74 Å². The molecule has 0 aromatic heterocycles. The van der Waals surface area contributed by atoms with Crippen molar-refractivity contribution in [2.24, 2.45) is 0 Å². The van der Waals surface area contributed by atoms with Gasteiger partial charge in [0.15, 0.2) is 5.78 Å². The van der Waals surface area contributed by atoms with Gasteiger partial charge >= 0.3 is 0 Å². The summed E-state index contributed by atoms with van der Waals surface area (Å²) in [7, 11) is 1.62. The highest BCUT2D eigenvalue weighted by molar-refractivity contribution is 5.88. The lowest BCUT2D eigenvalue weighted by molar-refractivity contribution is -0.119. The van der Waals surface area contributed by atoms with Gasteiger partial charge in [-0.2, -0.15) is 5.26 Å². The molecule has 0 bridgehead atoms. The van der Waals surface area contributed by atoms with Crippen molar-refractivity contribution in [3.05, 3.63) is 29.3 Å². The van der Waals surface area contributed by atoms with Gasteiger partial charge in [0.05, 0.1) is 13.2 Å². The topological polar surface area (TPSA) is 50.1 Å². The van der Waals surface area contributed by atoms with Crippen molar-refractivity contribution in [2.75, 3.05) is 7.11 Å². The van der Waals surface area contributed by atoms with Crippen LogP contribution in [0.25, 0.3) is 0 Å². The molecule has 0 spiro atoms. The number of hydrogen-bond donors (Lipinski definition) is 0. The molecule has 0 aliphatic heterocycles. The van der Waals surface area contributed by atoms with E-state index in [1.54, 1.807) is 20.1 Å². The van der Waals surface area contributed by atoms with Crippen molar-refractivity contribution in [2.45, 2.75) is 32.6 Å². The van der Waals surface area contributed by atoms with Gasteiger partial charge in [0.2, 0.25) is 0 Å². The van der Waals surface area contributed by atoms with Crippen molar-refractivity contribution in [1.29, 1.82) is 5.26 Å². The molecule has 0 radical (unpaired) electrons. The Bertz CT molecular complexity index is 446. The minimum Gasteiger partial charge on any atom is -0.496 e. The van der Waals surface area contributed by atoms with Crippen LogP contribution in [0.1, 0.15) is 37.3 Å².